The van der Waals surface area contributed by atoms with Crippen LogP contribution in [-0.2, 0) is 25.4 Å². The third kappa shape index (κ3) is 3.76. The van der Waals surface area contributed by atoms with Gasteiger partial charge >= 0.3 is 6.18 Å². The summed E-state index contributed by atoms with van der Waals surface area (Å²) >= 11 is 0. The number of piperazine rings is 1. The summed E-state index contributed by atoms with van der Waals surface area (Å²) in [6.45, 7) is 1.79. The van der Waals surface area contributed by atoms with Crippen molar-refractivity contribution in [2.45, 2.75) is 32.2 Å². The van der Waals surface area contributed by atoms with Crippen LogP contribution in [0.4, 0.5) is 24.5 Å². The Morgan fingerprint density at radius 3 is 2.47 bits per heavy atom. The van der Waals surface area contributed by atoms with Gasteiger partial charge in [0, 0.05) is 6.92 Å². The minimum atomic E-state index is -4.64. The van der Waals surface area contributed by atoms with Crippen molar-refractivity contribution in [1.82, 2.24) is 10.2 Å². The Hall–Kier alpha value is -3.31. The SMILES string of the molecule is CC(=O)NCC(=O)N1c2cc(C(F)(F)F)ccc2N2[C@@H]1CN(CC(N)=O)C(=O)[C@@H]2C. The molecule has 0 bridgehead atoms. The predicted octanol–water partition coefficient (Wildman–Crippen LogP) is 0.0366. The summed E-state index contributed by atoms with van der Waals surface area (Å²) in [5.74, 6) is -2.33. The number of nitrogens with two attached hydrogens (primary N) is 1. The number of alkyl halides is 3. The Labute approximate surface area is 169 Å². The number of hydrogen-bond donors (Lipinski definition) is 2. The van der Waals surface area contributed by atoms with Crippen LogP contribution >= 0.6 is 0 Å². The molecule has 0 radical (unpaired) electrons. The molecule has 9 nitrogen and oxygen atoms in total. The molecule has 1 aromatic carbocycles. The van der Waals surface area contributed by atoms with Gasteiger partial charge in [0.1, 0.15) is 12.2 Å². The molecule has 3 N–H and O–H groups in total. The molecule has 0 unspecified atom stereocenters. The fraction of sp³-hybridized carbons (Fsp3) is 0.444. The molecule has 1 fully saturated rings. The second kappa shape index (κ2) is 7.50. The van der Waals surface area contributed by atoms with Gasteiger partial charge in [0.25, 0.3) is 0 Å². The van der Waals surface area contributed by atoms with Crippen molar-refractivity contribution >= 4 is 35.0 Å². The summed E-state index contributed by atoms with van der Waals surface area (Å²) in [6, 6.07) is 2.08. The van der Waals surface area contributed by atoms with E-state index in [1.807, 2.05) is 0 Å². The summed E-state index contributed by atoms with van der Waals surface area (Å²) in [5.41, 5.74) is 4.50. The van der Waals surface area contributed by atoms with Crippen molar-refractivity contribution in [3.05, 3.63) is 23.8 Å². The Balaban J connectivity index is 2.07. The molecule has 2 aliphatic heterocycles. The zero-order valence-corrected chi connectivity index (χ0v) is 16.2. The zero-order chi connectivity index (χ0) is 22.4. The first kappa shape index (κ1) is 21.4. The van der Waals surface area contributed by atoms with Gasteiger partial charge in [-0.2, -0.15) is 13.2 Å². The third-order valence-electron chi connectivity index (χ3n) is 5.03. The van der Waals surface area contributed by atoms with Crippen LogP contribution in [0.3, 0.4) is 0 Å². The summed E-state index contributed by atoms with van der Waals surface area (Å²) < 4.78 is 39.8. The van der Waals surface area contributed by atoms with Crippen LogP contribution in [0, 0.1) is 0 Å². The predicted molar refractivity (Wildman–Crippen MR) is 99.1 cm³/mol. The van der Waals surface area contributed by atoms with Gasteiger partial charge in [0.05, 0.1) is 36.6 Å². The van der Waals surface area contributed by atoms with Gasteiger partial charge in [0.15, 0.2) is 0 Å². The van der Waals surface area contributed by atoms with E-state index in [0.29, 0.717) is 0 Å². The van der Waals surface area contributed by atoms with Crippen LogP contribution in [-0.4, -0.2) is 60.4 Å². The molecule has 12 heteroatoms. The third-order valence-corrected chi connectivity index (χ3v) is 5.03. The van der Waals surface area contributed by atoms with E-state index in [-0.39, 0.29) is 24.5 Å². The molecule has 0 aliphatic carbocycles. The summed E-state index contributed by atoms with van der Waals surface area (Å²) in [4.78, 5) is 51.9. The average Bonchev–Trinajstić information content (AvgIpc) is 2.96. The molecular formula is C18H20F3N5O4. The molecule has 2 heterocycles. The topological polar surface area (TPSA) is 116 Å². The number of fused-ring (bicyclic) bond motifs is 3. The summed E-state index contributed by atoms with van der Waals surface area (Å²) in [5, 5.41) is 2.33. The number of benzene rings is 1. The average molecular weight is 427 g/mol. The van der Waals surface area contributed by atoms with Gasteiger partial charge in [-0.1, -0.05) is 0 Å². The van der Waals surface area contributed by atoms with Crippen molar-refractivity contribution in [2.75, 3.05) is 29.4 Å². The molecule has 4 amide bonds. The second-order valence-corrected chi connectivity index (χ2v) is 7.12. The van der Waals surface area contributed by atoms with Gasteiger partial charge in [-0.05, 0) is 25.1 Å². The lowest BCUT2D eigenvalue weighted by molar-refractivity contribution is -0.138. The Morgan fingerprint density at radius 1 is 1.23 bits per heavy atom. The van der Waals surface area contributed by atoms with Gasteiger partial charge in [-0.3, -0.25) is 24.1 Å². The van der Waals surface area contributed by atoms with Crippen LogP contribution in [0.5, 0.6) is 0 Å². The van der Waals surface area contributed by atoms with E-state index in [2.05, 4.69) is 5.32 Å². The van der Waals surface area contributed by atoms with Crippen molar-refractivity contribution < 1.29 is 32.3 Å². The standard InChI is InChI=1S/C18H20F3N5O4/c1-9-17(30)24(7-14(22)28)8-15-25(9)12-4-3-11(18(19,20)21)5-13(12)26(15)16(29)6-23-10(2)27/h3-5,9,15H,6-8H2,1-2H3,(H2,22,28)(H,23,27)/t9-,15-/m0/s1. The monoisotopic (exact) mass is 427 g/mol. The lowest BCUT2D eigenvalue weighted by Crippen LogP contribution is -2.65. The van der Waals surface area contributed by atoms with Crippen molar-refractivity contribution in [3.63, 3.8) is 0 Å². The number of primary amides is 1. The molecule has 30 heavy (non-hydrogen) atoms. The summed E-state index contributed by atoms with van der Waals surface area (Å²) in [7, 11) is 0. The van der Waals surface area contributed by atoms with E-state index < -0.39 is 54.1 Å². The molecular weight excluding hydrogens is 407 g/mol. The molecule has 0 saturated carbocycles. The molecule has 1 saturated heterocycles. The maximum atomic E-state index is 13.3. The normalized spacial score (nSPS) is 20.7. The maximum Gasteiger partial charge on any atom is 0.416 e. The Kier molecular flexibility index (Phi) is 5.35. The number of carbonyl (C=O) groups excluding carboxylic acids is 4. The van der Waals surface area contributed by atoms with E-state index >= 15 is 0 Å². The number of halogens is 3. The van der Waals surface area contributed by atoms with E-state index in [0.717, 1.165) is 17.0 Å². The molecule has 0 aromatic heterocycles. The van der Waals surface area contributed by atoms with Crippen LogP contribution < -0.4 is 20.9 Å². The summed E-state index contributed by atoms with van der Waals surface area (Å²) in [6.07, 6.45) is -5.49. The fourth-order valence-corrected chi connectivity index (χ4v) is 3.78. The fourth-order valence-electron chi connectivity index (χ4n) is 3.78. The minimum Gasteiger partial charge on any atom is -0.368 e. The van der Waals surface area contributed by atoms with Crippen molar-refractivity contribution in [3.8, 4) is 0 Å². The van der Waals surface area contributed by atoms with Gasteiger partial charge in [-0.25, -0.2) is 0 Å². The van der Waals surface area contributed by atoms with Crippen LogP contribution in [0.15, 0.2) is 18.2 Å². The van der Waals surface area contributed by atoms with E-state index in [4.69, 9.17) is 5.73 Å². The highest BCUT2D eigenvalue weighted by atomic mass is 19.4. The highest BCUT2D eigenvalue weighted by Crippen LogP contribution is 2.45. The van der Waals surface area contributed by atoms with Crippen LogP contribution in [0.1, 0.15) is 19.4 Å². The Bertz CT molecular complexity index is 920. The number of amides is 4. The lowest BCUT2D eigenvalue weighted by atomic mass is 10.1. The van der Waals surface area contributed by atoms with Gasteiger partial charge in [-0.15, -0.1) is 0 Å². The highest BCUT2D eigenvalue weighted by molar-refractivity contribution is 6.05. The number of carbonyl (C=O) groups is 4. The number of nitrogens with one attached hydrogen (secondary N) is 1. The highest BCUT2D eigenvalue weighted by Gasteiger charge is 2.49. The van der Waals surface area contributed by atoms with E-state index in [9.17, 15) is 32.3 Å². The van der Waals surface area contributed by atoms with Crippen molar-refractivity contribution in [2.24, 2.45) is 5.73 Å². The second-order valence-electron chi connectivity index (χ2n) is 7.12. The lowest BCUT2D eigenvalue weighted by Gasteiger charge is -2.44. The van der Waals surface area contributed by atoms with E-state index in [1.54, 1.807) is 4.90 Å². The molecule has 0 spiro atoms. The first-order chi connectivity index (χ1) is 13.9. The molecule has 2 aliphatic rings. The molecule has 162 valence electrons. The smallest absolute Gasteiger partial charge is 0.368 e. The van der Waals surface area contributed by atoms with Crippen molar-refractivity contribution in [1.29, 1.82) is 0 Å². The molecule has 1 aromatic rings. The van der Waals surface area contributed by atoms with Gasteiger partial charge in [0.2, 0.25) is 23.6 Å². The molecule has 2 atom stereocenters. The number of rotatable bonds is 4. The maximum absolute atomic E-state index is 13.3. The van der Waals surface area contributed by atoms with Gasteiger partial charge < -0.3 is 20.9 Å². The minimum absolute atomic E-state index is 0.0225. The largest absolute Gasteiger partial charge is 0.416 e. The molecule has 3 rings (SSSR count). The number of hydrogen-bond acceptors (Lipinski definition) is 5. The zero-order valence-electron chi connectivity index (χ0n) is 16.2. The number of nitrogens with zero attached hydrogens (tertiary/aromatic N) is 3. The van der Waals surface area contributed by atoms with E-state index in [1.165, 1.54) is 24.8 Å². The first-order valence-electron chi connectivity index (χ1n) is 9.05. The Morgan fingerprint density at radius 2 is 1.90 bits per heavy atom. The number of anilines is 2. The quantitative estimate of drug-likeness (QED) is 0.704. The van der Waals surface area contributed by atoms with Crippen LogP contribution in [0.25, 0.3) is 0 Å². The first-order valence-corrected chi connectivity index (χ1v) is 9.05. The van der Waals surface area contributed by atoms with Crippen LogP contribution in [0.2, 0.25) is 0 Å².